The van der Waals surface area contributed by atoms with Crippen molar-refractivity contribution in [1.29, 1.82) is 0 Å². The third kappa shape index (κ3) is 9.20. The van der Waals surface area contributed by atoms with E-state index in [2.05, 4.69) is 46.3 Å². The fourth-order valence-corrected chi connectivity index (χ4v) is 6.69. The Bertz CT molecular complexity index is 1460. The molecule has 0 N–H and O–H groups in total. The van der Waals surface area contributed by atoms with E-state index in [4.69, 9.17) is 14.2 Å². The lowest BCUT2D eigenvalue weighted by atomic mass is 9.94. The van der Waals surface area contributed by atoms with Crippen LogP contribution in [0.5, 0.6) is 0 Å². The van der Waals surface area contributed by atoms with Gasteiger partial charge in [0.2, 0.25) is 0 Å². The Balaban J connectivity index is 1.20. The number of hydrogen-bond acceptors (Lipinski definition) is 6. The summed E-state index contributed by atoms with van der Waals surface area (Å²) in [6.07, 6.45) is -1.17. The molecule has 2 saturated heterocycles. The second-order valence-corrected chi connectivity index (χ2v) is 12.5. The van der Waals surface area contributed by atoms with Crippen molar-refractivity contribution in [1.82, 2.24) is 9.88 Å². The summed E-state index contributed by atoms with van der Waals surface area (Å²) in [5.41, 5.74) is 2.76. The molecule has 47 heavy (non-hydrogen) atoms. The van der Waals surface area contributed by atoms with E-state index >= 15 is 0 Å². The summed E-state index contributed by atoms with van der Waals surface area (Å²) >= 11 is 0. The van der Waals surface area contributed by atoms with Crippen LogP contribution in [0.4, 0.5) is 18.9 Å². The minimum atomic E-state index is -4.45. The topological polar surface area (TPSA) is 47.1 Å². The number of hydrogen-bond donors (Lipinski definition) is 0. The number of ether oxygens (including phenoxy) is 3. The molecule has 3 aromatic carbocycles. The molecule has 6 rings (SSSR count). The van der Waals surface area contributed by atoms with Crippen molar-refractivity contribution in [3.05, 3.63) is 132 Å². The summed E-state index contributed by atoms with van der Waals surface area (Å²) in [6.45, 7) is 4.45. The lowest BCUT2D eigenvalue weighted by molar-refractivity contribution is -0.185. The maximum atomic E-state index is 13.8. The minimum absolute atomic E-state index is 0.185. The van der Waals surface area contributed by atoms with E-state index in [-0.39, 0.29) is 29.9 Å². The van der Waals surface area contributed by atoms with Crippen LogP contribution in [0, 0.1) is 5.92 Å². The van der Waals surface area contributed by atoms with Gasteiger partial charge in [-0.05, 0) is 41.5 Å². The SMILES string of the molecule is FC(F)(F)c1cnccc1N1CCC[C@H](CN2C[C@H](OCc3ccccc3)C(OCc3ccccc3)[C@H](OCc3ccccc3)C2)C1. The highest BCUT2D eigenvalue weighted by Gasteiger charge is 2.41. The maximum absolute atomic E-state index is 13.8. The quantitative estimate of drug-likeness (QED) is 0.160. The zero-order chi connectivity index (χ0) is 32.5. The highest BCUT2D eigenvalue weighted by molar-refractivity contribution is 5.54. The standard InChI is InChI=1S/C38H42F3N3O3/c39-38(40,41)33-21-42-19-18-34(33)44-20-10-17-32(23-44)22-43-24-35(45-26-29-11-4-1-5-12-29)37(47-28-31-15-8-3-9-16-31)36(25-43)46-27-30-13-6-2-7-14-30/h1-9,11-16,18-19,21,32,35-37H,10,17,20,22-28H2/t32-,35-,36+,37?/m1/s1. The van der Waals surface area contributed by atoms with Crippen LogP contribution in [0.15, 0.2) is 109 Å². The molecule has 2 aliphatic heterocycles. The lowest BCUT2D eigenvalue weighted by Gasteiger charge is -2.45. The molecule has 9 heteroatoms. The monoisotopic (exact) mass is 645 g/mol. The van der Waals surface area contributed by atoms with Crippen molar-refractivity contribution < 1.29 is 27.4 Å². The van der Waals surface area contributed by atoms with Gasteiger partial charge in [-0.3, -0.25) is 9.88 Å². The normalized spacial score (nSPS) is 22.3. The zero-order valence-corrected chi connectivity index (χ0v) is 26.5. The number of rotatable bonds is 12. The predicted octanol–water partition coefficient (Wildman–Crippen LogP) is 7.39. The van der Waals surface area contributed by atoms with Gasteiger partial charge in [-0.15, -0.1) is 0 Å². The Morgan fingerprint density at radius 2 is 1.21 bits per heavy atom. The number of alkyl halides is 3. The van der Waals surface area contributed by atoms with Crippen LogP contribution in [-0.4, -0.2) is 60.9 Å². The first kappa shape index (κ1) is 33.2. The molecule has 248 valence electrons. The van der Waals surface area contributed by atoms with E-state index in [0.29, 0.717) is 46.0 Å². The van der Waals surface area contributed by atoms with Crippen molar-refractivity contribution in [2.24, 2.45) is 5.92 Å². The molecular weight excluding hydrogens is 603 g/mol. The Kier molecular flexibility index (Phi) is 11.2. The highest BCUT2D eigenvalue weighted by atomic mass is 19.4. The Morgan fingerprint density at radius 3 is 1.74 bits per heavy atom. The van der Waals surface area contributed by atoms with Gasteiger partial charge in [0.1, 0.15) is 6.10 Å². The van der Waals surface area contributed by atoms with Gasteiger partial charge in [-0.2, -0.15) is 13.2 Å². The average Bonchev–Trinajstić information content (AvgIpc) is 3.10. The van der Waals surface area contributed by atoms with Crippen molar-refractivity contribution in [2.45, 2.75) is 57.2 Å². The fourth-order valence-electron chi connectivity index (χ4n) is 6.69. The number of aromatic nitrogens is 1. The van der Waals surface area contributed by atoms with Gasteiger partial charge in [-0.1, -0.05) is 91.0 Å². The number of anilines is 1. The van der Waals surface area contributed by atoms with Crippen LogP contribution < -0.4 is 4.90 Å². The molecule has 1 unspecified atom stereocenters. The van der Waals surface area contributed by atoms with Gasteiger partial charge < -0.3 is 19.1 Å². The molecule has 0 aliphatic carbocycles. The Morgan fingerprint density at radius 1 is 0.681 bits per heavy atom. The largest absolute Gasteiger partial charge is 0.419 e. The highest BCUT2D eigenvalue weighted by Crippen LogP contribution is 2.37. The number of likely N-dealkylation sites (tertiary alicyclic amines) is 1. The lowest BCUT2D eigenvalue weighted by Crippen LogP contribution is -2.59. The Labute approximate surface area is 275 Å². The van der Waals surface area contributed by atoms with Crippen molar-refractivity contribution in [3.8, 4) is 0 Å². The van der Waals surface area contributed by atoms with Crippen LogP contribution in [0.1, 0.15) is 35.1 Å². The number of piperidine rings is 2. The molecule has 0 spiro atoms. The summed E-state index contributed by atoms with van der Waals surface area (Å²) < 4.78 is 61.4. The second kappa shape index (κ2) is 15.9. The first-order valence-electron chi connectivity index (χ1n) is 16.4. The number of benzene rings is 3. The van der Waals surface area contributed by atoms with Gasteiger partial charge in [0.05, 0.1) is 43.3 Å². The van der Waals surface area contributed by atoms with E-state index in [1.807, 2.05) is 59.5 Å². The summed E-state index contributed by atoms with van der Waals surface area (Å²) in [4.78, 5) is 8.00. The van der Waals surface area contributed by atoms with Crippen LogP contribution in [0.25, 0.3) is 0 Å². The van der Waals surface area contributed by atoms with E-state index in [1.54, 1.807) is 0 Å². The van der Waals surface area contributed by atoms with Gasteiger partial charge >= 0.3 is 6.18 Å². The smallest absolute Gasteiger partial charge is 0.371 e. The molecule has 4 aromatic rings. The first-order chi connectivity index (χ1) is 22.9. The van der Waals surface area contributed by atoms with Gasteiger partial charge in [0.25, 0.3) is 0 Å². The molecule has 4 atom stereocenters. The second-order valence-electron chi connectivity index (χ2n) is 12.5. The molecule has 1 aromatic heterocycles. The van der Waals surface area contributed by atoms with E-state index in [1.165, 1.54) is 12.3 Å². The van der Waals surface area contributed by atoms with Crippen LogP contribution >= 0.6 is 0 Å². The number of nitrogens with zero attached hydrogens (tertiary/aromatic N) is 3. The molecule has 0 amide bonds. The van der Waals surface area contributed by atoms with Gasteiger partial charge in [0.15, 0.2) is 0 Å². The van der Waals surface area contributed by atoms with Crippen LogP contribution in [0.3, 0.4) is 0 Å². The summed E-state index contributed by atoms with van der Waals surface area (Å²) in [5.74, 6) is 0.185. The van der Waals surface area contributed by atoms with Crippen LogP contribution in [-0.2, 0) is 40.2 Å². The van der Waals surface area contributed by atoms with Gasteiger partial charge in [-0.25, -0.2) is 0 Å². The fraction of sp³-hybridized carbons (Fsp3) is 0.395. The minimum Gasteiger partial charge on any atom is -0.371 e. The molecule has 3 heterocycles. The molecular formula is C38H42F3N3O3. The number of halogens is 3. The maximum Gasteiger partial charge on any atom is 0.419 e. The first-order valence-corrected chi connectivity index (χ1v) is 16.4. The summed E-state index contributed by atoms with van der Waals surface area (Å²) in [6, 6.07) is 31.8. The average molecular weight is 646 g/mol. The molecule has 0 bridgehead atoms. The third-order valence-corrected chi connectivity index (χ3v) is 8.99. The van der Waals surface area contributed by atoms with Gasteiger partial charge in [0, 0.05) is 45.1 Å². The molecule has 2 aliphatic rings. The third-order valence-electron chi connectivity index (χ3n) is 8.99. The Hall–Kier alpha value is -3.76. The zero-order valence-electron chi connectivity index (χ0n) is 26.5. The molecule has 0 radical (unpaired) electrons. The van der Waals surface area contributed by atoms with Crippen molar-refractivity contribution >= 4 is 5.69 Å². The van der Waals surface area contributed by atoms with Crippen molar-refractivity contribution in [3.63, 3.8) is 0 Å². The molecule has 0 saturated carbocycles. The van der Waals surface area contributed by atoms with E-state index in [0.717, 1.165) is 42.3 Å². The van der Waals surface area contributed by atoms with E-state index < -0.39 is 11.7 Å². The summed E-state index contributed by atoms with van der Waals surface area (Å²) in [5, 5.41) is 0. The molecule has 2 fully saturated rings. The molecule has 6 nitrogen and oxygen atoms in total. The summed E-state index contributed by atoms with van der Waals surface area (Å²) in [7, 11) is 0. The predicted molar refractivity (Wildman–Crippen MR) is 176 cm³/mol. The number of pyridine rings is 1. The van der Waals surface area contributed by atoms with Crippen LogP contribution in [0.2, 0.25) is 0 Å². The van der Waals surface area contributed by atoms with Crippen molar-refractivity contribution in [2.75, 3.05) is 37.6 Å². The van der Waals surface area contributed by atoms with E-state index in [9.17, 15) is 13.2 Å².